The van der Waals surface area contributed by atoms with Crippen LogP contribution in [-0.4, -0.2) is 52.7 Å². The number of benzene rings is 4. The average molecular weight is 779 g/mol. The van der Waals surface area contributed by atoms with Gasteiger partial charge < -0.3 is 29.1 Å². The van der Waals surface area contributed by atoms with Crippen LogP contribution >= 0.6 is 59.6 Å². The lowest BCUT2D eigenvalue weighted by atomic mass is 10.0. The molecular weight excluding hydrogens is 741 g/mol. The van der Waals surface area contributed by atoms with Crippen LogP contribution in [-0.2, 0) is 25.5 Å². The standard InChI is InChI=1S/C38H38N2O6S5/c1-24(8-7-18-47)50-39-32-21-33(48-19-16-35(41)45-2)38(44)30-20-25(13-14-28(30)32)15-17-46-36(42)23-49-34-22-31(40-51-26-9-3-4-10-26)27-11-5-6-12-29(27)37(34)43/h3-6,8-9,11-14,18,20-22,39-40,43-44H,7,10,15-17,19,23H2,1-2H3/b24-8+. The van der Waals surface area contributed by atoms with Crippen molar-refractivity contribution in [2.75, 3.05) is 34.7 Å². The fraction of sp³-hybridized carbons (Fsp3) is 0.237. The zero-order valence-electron chi connectivity index (χ0n) is 28.1. The Balaban J connectivity index is 1.24. The first-order chi connectivity index (χ1) is 24.8. The van der Waals surface area contributed by atoms with Crippen molar-refractivity contribution in [3.8, 4) is 11.5 Å². The van der Waals surface area contributed by atoms with Gasteiger partial charge in [0.2, 0.25) is 0 Å². The number of phenols is 2. The van der Waals surface area contributed by atoms with Crippen molar-refractivity contribution >= 4 is 110 Å². The van der Waals surface area contributed by atoms with Crippen molar-refractivity contribution in [1.82, 2.24) is 0 Å². The lowest BCUT2D eigenvalue weighted by Crippen LogP contribution is -2.10. The summed E-state index contributed by atoms with van der Waals surface area (Å²) in [4.78, 5) is 28.0. The van der Waals surface area contributed by atoms with Gasteiger partial charge in [-0.1, -0.05) is 72.9 Å². The minimum absolute atomic E-state index is 0.0310. The van der Waals surface area contributed by atoms with Crippen LogP contribution in [0.15, 0.2) is 98.5 Å². The second kappa shape index (κ2) is 19.2. The molecule has 1 aliphatic rings. The smallest absolute Gasteiger partial charge is 0.316 e. The number of ether oxygens (including phenoxy) is 2. The maximum atomic E-state index is 12.8. The van der Waals surface area contributed by atoms with E-state index in [4.69, 9.17) is 21.7 Å². The molecule has 5 rings (SSSR count). The summed E-state index contributed by atoms with van der Waals surface area (Å²) in [6.45, 7) is 2.15. The van der Waals surface area contributed by atoms with Gasteiger partial charge in [0.15, 0.2) is 0 Å². The number of anilines is 2. The van der Waals surface area contributed by atoms with Crippen LogP contribution in [0.2, 0.25) is 0 Å². The van der Waals surface area contributed by atoms with Crippen molar-refractivity contribution in [2.24, 2.45) is 0 Å². The van der Waals surface area contributed by atoms with E-state index in [1.165, 1.54) is 59.4 Å². The summed E-state index contributed by atoms with van der Waals surface area (Å²) in [6, 6.07) is 17.2. The first-order valence-corrected chi connectivity index (χ1v) is 20.2. The van der Waals surface area contributed by atoms with Crippen LogP contribution < -0.4 is 9.44 Å². The molecule has 0 atom stereocenters. The zero-order valence-corrected chi connectivity index (χ0v) is 32.2. The number of esters is 2. The Kier molecular flexibility index (Phi) is 14.5. The summed E-state index contributed by atoms with van der Waals surface area (Å²) < 4.78 is 17.2. The second-order valence-corrected chi connectivity index (χ2v) is 15.8. The molecule has 51 heavy (non-hydrogen) atoms. The van der Waals surface area contributed by atoms with Gasteiger partial charge in [-0.2, -0.15) is 0 Å². The minimum atomic E-state index is -0.396. The highest BCUT2D eigenvalue weighted by Crippen LogP contribution is 2.43. The SMILES string of the molecule is COC(=O)CCSc1cc(NS/C(C)=C/CC=S)c2ccc(CCOC(=O)CSc3cc(NSC4=CC=CC4)c4ccccc4c3O)cc2c1O. The molecule has 0 spiro atoms. The molecule has 0 fully saturated rings. The molecule has 0 heterocycles. The van der Waals surface area contributed by atoms with Gasteiger partial charge in [0.05, 0.1) is 47.1 Å². The summed E-state index contributed by atoms with van der Waals surface area (Å²) in [6.07, 6.45) is 10.5. The monoisotopic (exact) mass is 778 g/mol. The van der Waals surface area contributed by atoms with Crippen molar-refractivity contribution in [1.29, 1.82) is 0 Å². The number of methoxy groups -OCH3 is 1. The molecular formula is C38H38N2O6S5. The van der Waals surface area contributed by atoms with Crippen LogP contribution in [0.5, 0.6) is 11.5 Å². The molecule has 0 bridgehead atoms. The molecule has 0 saturated heterocycles. The topological polar surface area (TPSA) is 117 Å². The third-order valence-electron chi connectivity index (χ3n) is 7.76. The number of aromatic hydroxyl groups is 2. The first-order valence-electron chi connectivity index (χ1n) is 16.1. The highest BCUT2D eigenvalue weighted by molar-refractivity contribution is 8.04. The van der Waals surface area contributed by atoms with E-state index in [0.29, 0.717) is 39.2 Å². The number of carbonyl (C=O) groups excluding carboxylic acids is 2. The van der Waals surface area contributed by atoms with Crippen LogP contribution in [0.4, 0.5) is 11.4 Å². The van der Waals surface area contributed by atoms with Gasteiger partial charge >= 0.3 is 11.9 Å². The minimum Gasteiger partial charge on any atom is -0.506 e. The van der Waals surface area contributed by atoms with Crippen molar-refractivity contribution in [2.45, 2.75) is 42.4 Å². The molecule has 266 valence electrons. The Hall–Kier alpha value is -3.75. The first kappa shape index (κ1) is 38.5. The lowest BCUT2D eigenvalue weighted by Gasteiger charge is -2.15. The van der Waals surface area contributed by atoms with E-state index in [1.54, 1.807) is 5.37 Å². The zero-order chi connectivity index (χ0) is 36.2. The van der Waals surface area contributed by atoms with Gasteiger partial charge in [0.25, 0.3) is 0 Å². The highest BCUT2D eigenvalue weighted by atomic mass is 32.2. The van der Waals surface area contributed by atoms with E-state index in [1.807, 2.05) is 73.7 Å². The number of thioether (sulfide) groups is 2. The molecule has 4 N–H and O–H groups in total. The Morgan fingerprint density at radius 2 is 1.65 bits per heavy atom. The Labute approximate surface area is 320 Å². The molecule has 13 heteroatoms. The van der Waals surface area contributed by atoms with E-state index in [2.05, 4.69) is 21.6 Å². The second-order valence-electron chi connectivity index (χ2n) is 11.3. The van der Waals surface area contributed by atoms with E-state index in [9.17, 15) is 19.8 Å². The summed E-state index contributed by atoms with van der Waals surface area (Å²) in [5, 5.41) is 27.1. The maximum Gasteiger partial charge on any atom is 0.316 e. The predicted molar refractivity (Wildman–Crippen MR) is 220 cm³/mol. The van der Waals surface area contributed by atoms with Crippen LogP contribution in [0.3, 0.4) is 0 Å². The molecule has 1 aliphatic carbocycles. The lowest BCUT2D eigenvalue weighted by molar-refractivity contribution is -0.141. The summed E-state index contributed by atoms with van der Waals surface area (Å²) in [7, 11) is 1.36. The maximum absolute atomic E-state index is 12.8. The van der Waals surface area contributed by atoms with Gasteiger partial charge in [-0.05, 0) is 77.7 Å². The summed E-state index contributed by atoms with van der Waals surface area (Å²) >= 11 is 10.5. The van der Waals surface area contributed by atoms with Crippen molar-refractivity contribution in [3.63, 3.8) is 0 Å². The Bertz CT molecular complexity index is 2010. The van der Waals surface area contributed by atoms with Crippen LogP contribution in [0.1, 0.15) is 31.7 Å². The van der Waals surface area contributed by atoms with Gasteiger partial charge in [0, 0.05) is 38.6 Å². The van der Waals surface area contributed by atoms with Gasteiger partial charge in [0.1, 0.15) is 11.5 Å². The molecule has 0 amide bonds. The third-order valence-corrected chi connectivity index (χ3v) is 11.7. The highest BCUT2D eigenvalue weighted by Gasteiger charge is 2.17. The molecule has 0 aliphatic heterocycles. The number of phenolic OH excluding ortho intramolecular Hbond substituents is 2. The third kappa shape index (κ3) is 10.6. The summed E-state index contributed by atoms with van der Waals surface area (Å²) in [5.41, 5.74) is 2.56. The van der Waals surface area contributed by atoms with E-state index >= 15 is 0 Å². The molecule has 0 radical (unpaired) electrons. The van der Waals surface area contributed by atoms with Crippen molar-refractivity contribution in [3.05, 3.63) is 94.3 Å². The molecule has 8 nitrogen and oxygen atoms in total. The van der Waals surface area contributed by atoms with E-state index in [-0.39, 0.29) is 36.2 Å². The molecule has 4 aromatic carbocycles. The molecule has 4 aromatic rings. The fourth-order valence-corrected chi connectivity index (χ4v) is 8.33. The van der Waals surface area contributed by atoms with E-state index < -0.39 is 5.97 Å². The Morgan fingerprint density at radius 1 is 0.922 bits per heavy atom. The quantitative estimate of drug-likeness (QED) is 0.0253. The van der Waals surface area contributed by atoms with Crippen molar-refractivity contribution < 1.29 is 29.3 Å². The molecule has 0 aromatic heterocycles. The number of allylic oxidation sites excluding steroid dienone is 6. The van der Waals surface area contributed by atoms with Gasteiger partial charge in [-0.3, -0.25) is 9.59 Å². The number of fused-ring (bicyclic) bond motifs is 2. The average Bonchev–Trinajstić information content (AvgIpc) is 3.67. The molecule has 0 unspecified atom stereocenters. The number of nitrogens with one attached hydrogen (secondary N) is 2. The fourth-order valence-electron chi connectivity index (χ4n) is 5.13. The predicted octanol–water partition coefficient (Wildman–Crippen LogP) is 10.2. The number of hydrogen-bond acceptors (Lipinski definition) is 13. The number of rotatable bonds is 18. The largest absolute Gasteiger partial charge is 0.506 e. The normalized spacial score (nSPS) is 12.6. The number of thiocarbonyl (C=S) groups is 1. The van der Waals surface area contributed by atoms with E-state index in [0.717, 1.165) is 39.0 Å². The van der Waals surface area contributed by atoms with Crippen LogP contribution in [0.25, 0.3) is 21.5 Å². The van der Waals surface area contributed by atoms with Crippen LogP contribution in [0, 0.1) is 0 Å². The Morgan fingerprint density at radius 3 is 2.39 bits per heavy atom. The number of hydrogen-bond donors (Lipinski definition) is 4. The van der Waals surface area contributed by atoms with Gasteiger partial charge in [-0.15, -0.1) is 23.5 Å². The van der Waals surface area contributed by atoms with Gasteiger partial charge in [-0.25, -0.2) is 0 Å². The number of carbonyl (C=O) groups is 2. The molecule has 0 saturated carbocycles. The summed E-state index contributed by atoms with van der Waals surface area (Å²) in [5.74, 6) is 0.0246.